The van der Waals surface area contributed by atoms with Gasteiger partial charge in [-0.05, 0) is 13.3 Å². The third kappa shape index (κ3) is 4.13. The van der Waals surface area contributed by atoms with Crippen LogP contribution in [0.5, 0.6) is 0 Å². The van der Waals surface area contributed by atoms with Crippen molar-refractivity contribution < 1.29 is 9.66 Å². The molecular formula is C10H17N5O3. The molecule has 0 aromatic carbocycles. The number of nitrogens with one attached hydrogen (secondary N) is 2. The highest BCUT2D eigenvalue weighted by molar-refractivity contribution is 5.56. The summed E-state index contributed by atoms with van der Waals surface area (Å²) in [6, 6.07) is 0. The van der Waals surface area contributed by atoms with Gasteiger partial charge in [0.05, 0.1) is 4.92 Å². The smallest absolute Gasteiger partial charge is 0.329 e. The van der Waals surface area contributed by atoms with Crippen LogP contribution in [0.2, 0.25) is 0 Å². The number of anilines is 2. The van der Waals surface area contributed by atoms with E-state index in [1.807, 2.05) is 6.92 Å². The summed E-state index contributed by atoms with van der Waals surface area (Å²) in [5.74, 6) is 0.597. The molecule has 0 aliphatic heterocycles. The molecule has 0 bridgehead atoms. The summed E-state index contributed by atoms with van der Waals surface area (Å²) < 4.78 is 4.90. The fourth-order valence-corrected chi connectivity index (χ4v) is 1.31. The zero-order valence-corrected chi connectivity index (χ0v) is 10.5. The largest absolute Gasteiger partial charge is 0.385 e. The monoisotopic (exact) mass is 255 g/mol. The van der Waals surface area contributed by atoms with Gasteiger partial charge in [-0.1, -0.05) is 0 Å². The molecule has 8 nitrogen and oxygen atoms in total. The molecule has 18 heavy (non-hydrogen) atoms. The molecule has 8 heteroatoms. The minimum absolute atomic E-state index is 0.130. The van der Waals surface area contributed by atoms with E-state index < -0.39 is 4.92 Å². The highest BCUT2D eigenvalue weighted by Crippen LogP contribution is 2.21. The summed E-state index contributed by atoms with van der Waals surface area (Å²) in [6.45, 7) is 3.70. The maximum atomic E-state index is 10.8. The molecule has 0 saturated heterocycles. The van der Waals surface area contributed by atoms with Gasteiger partial charge in [0.25, 0.3) is 0 Å². The van der Waals surface area contributed by atoms with Crippen molar-refractivity contribution in [3.63, 3.8) is 0 Å². The van der Waals surface area contributed by atoms with Crippen LogP contribution in [0.1, 0.15) is 13.3 Å². The maximum Gasteiger partial charge on any atom is 0.329 e. The van der Waals surface area contributed by atoms with Gasteiger partial charge in [0.15, 0.2) is 0 Å². The van der Waals surface area contributed by atoms with Crippen molar-refractivity contribution >= 4 is 17.5 Å². The number of methoxy groups -OCH3 is 1. The predicted octanol–water partition coefficient (Wildman–Crippen LogP) is 1.26. The molecule has 0 amide bonds. The minimum atomic E-state index is -0.506. The van der Waals surface area contributed by atoms with Crippen LogP contribution in [0.25, 0.3) is 0 Å². The van der Waals surface area contributed by atoms with Gasteiger partial charge in [0, 0.05) is 26.8 Å². The molecular weight excluding hydrogens is 238 g/mol. The quantitative estimate of drug-likeness (QED) is 0.409. The third-order valence-corrected chi connectivity index (χ3v) is 2.12. The van der Waals surface area contributed by atoms with Gasteiger partial charge >= 0.3 is 5.69 Å². The van der Waals surface area contributed by atoms with Crippen molar-refractivity contribution in [1.29, 1.82) is 0 Å². The summed E-state index contributed by atoms with van der Waals surface area (Å²) in [4.78, 5) is 18.2. The first-order chi connectivity index (χ1) is 8.69. The Labute approximate surface area is 105 Å². The second-order valence-corrected chi connectivity index (χ2v) is 3.49. The minimum Gasteiger partial charge on any atom is -0.385 e. The van der Waals surface area contributed by atoms with Gasteiger partial charge < -0.3 is 15.4 Å². The lowest BCUT2D eigenvalue weighted by atomic mass is 10.4. The fraction of sp³-hybridized carbons (Fsp3) is 0.600. The second kappa shape index (κ2) is 7.38. The standard InChI is InChI=1S/C10H17N5O3/c1-3-11-10-13-7-8(15(16)17)9(14-10)12-5-4-6-18-2/h7H,3-6H2,1-2H3,(H2,11,12,13,14). The van der Waals surface area contributed by atoms with E-state index in [-0.39, 0.29) is 11.5 Å². The van der Waals surface area contributed by atoms with Crippen LogP contribution in [0.3, 0.4) is 0 Å². The zero-order chi connectivity index (χ0) is 13.4. The highest BCUT2D eigenvalue weighted by Gasteiger charge is 2.16. The molecule has 1 aromatic heterocycles. The molecule has 0 unspecified atom stereocenters. The molecule has 1 rings (SSSR count). The van der Waals surface area contributed by atoms with Gasteiger partial charge in [-0.3, -0.25) is 10.1 Å². The first-order valence-electron chi connectivity index (χ1n) is 5.67. The lowest BCUT2D eigenvalue weighted by Gasteiger charge is -2.07. The van der Waals surface area contributed by atoms with Crippen molar-refractivity contribution in [3.8, 4) is 0 Å². The number of hydrogen-bond donors (Lipinski definition) is 2. The maximum absolute atomic E-state index is 10.8. The molecule has 1 aromatic rings. The fourth-order valence-electron chi connectivity index (χ4n) is 1.31. The molecule has 0 radical (unpaired) electrons. The Morgan fingerprint density at radius 1 is 1.50 bits per heavy atom. The van der Waals surface area contributed by atoms with Crippen LogP contribution in [0.15, 0.2) is 6.20 Å². The van der Waals surface area contributed by atoms with E-state index in [0.29, 0.717) is 25.6 Å². The van der Waals surface area contributed by atoms with Gasteiger partial charge in [-0.2, -0.15) is 4.98 Å². The van der Waals surface area contributed by atoms with Gasteiger partial charge in [-0.15, -0.1) is 0 Å². The summed E-state index contributed by atoms with van der Waals surface area (Å²) in [7, 11) is 1.61. The van der Waals surface area contributed by atoms with E-state index in [1.165, 1.54) is 6.20 Å². The second-order valence-electron chi connectivity index (χ2n) is 3.49. The van der Waals surface area contributed by atoms with Crippen molar-refractivity contribution in [2.75, 3.05) is 37.4 Å². The van der Waals surface area contributed by atoms with Gasteiger partial charge in [-0.25, -0.2) is 4.98 Å². The van der Waals surface area contributed by atoms with E-state index in [4.69, 9.17) is 4.74 Å². The zero-order valence-electron chi connectivity index (χ0n) is 10.5. The molecule has 0 aliphatic rings. The number of aromatic nitrogens is 2. The van der Waals surface area contributed by atoms with Crippen molar-refractivity contribution in [2.24, 2.45) is 0 Å². The molecule has 0 fully saturated rings. The van der Waals surface area contributed by atoms with Crippen LogP contribution in [0, 0.1) is 10.1 Å². The summed E-state index contributed by atoms with van der Waals surface area (Å²) in [5, 5.41) is 16.6. The molecule has 100 valence electrons. The summed E-state index contributed by atoms with van der Waals surface area (Å²) in [6.07, 6.45) is 1.94. The average molecular weight is 255 g/mol. The Hall–Kier alpha value is -1.96. The normalized spacial score (nSPS) is 10.1. The molecule has 1 heterocycles. The number of rotatable bonds is 8. The number of nitro groups is 1. The number of ether oxygens (including phenoxy) is 1. The van der Waals surface area contributed by atoms with E-state index in [0.717, 1.165) is 6.42 Å². The number of hydrogen-bond acceptors (Lipinski definition) is 7. The Balaban J connectivity index is 2.76. The molecule has 2 N–H and O–H groups in total. The van der Waals surface area contributed by atoms with Crippen LogP contribution in [-0.4, -0.2) is 41.7 Å². The highest BCUT2D eigenvalue weighted by atomic mass is 16.6. The lowest BCUT2D eigenvalue weighted by Crippen LogP contribution is -2.11. The first kappa shape index (κ1) is 14.1. The number of nitrogens with zero attached hydrogens (tertiary/aromatic N) is 3. The van der Waals surface area contributed by atoms with E-state index in [2.05, 4.69) is 20.6 Å². The third-order valence-electron chi connectivity index (χ3n) is 2.12. The van der Waals surface area contributed by atoms with E-state index in [1.54, 1.807) is 7.11 Å². The Morgan fingerprint density at radius 2 is 2.28 bits per heavy atom. The Bertz CT molecular complexity index is 399. The predicted molar refractivity (Wildman–Crippen MR) is 67.8 cm³/mol. The molecule has 0 atom stereocenters. The lowest BCUT2D eigenvalue weighted by molar-refractivity contribution is -0.384. The molecule has 0 spiro atoms. The van der Waals surface area contributed by atoms with Crippen molar-refractivity contribution in [3.05, 3.63) is 16.3 Å². The van der Waals surface area contributed by atoms with Crippen LogP contribution >= 0.6 is 0 Å². The van der Waals surface area contributed by atoms with Crippen molar-refractivity contribution in [1.82, 2.24) is 9.97 Å². The SMILES string of the molecule is CCNc1ncc([N+](=O)[O-])c(NCCCOC)n1. The van der Waals surface area contributed by atoms with E-state index >= 15 is 0 Å². The topological polar surface area (TPSA) is 102 Å². The summed E-state index contributed by atoms with van der Waals surface area (Å²) in [5.41, 5.74) is -0.130. The van der Waals surface area contributed by atoms with Crippen molar-refractivity contribution in [2.45, 2.75) is 13.3 Å². The first-order valence-corrected chi connectivity index (χ1v) is 5.67. The van der Waals surface area contributed by atoms with Crippen LogP contribution in [-0.2, 0) is 4.74 Å². The van der Waals surface area contributed by atoms with Crippen LogP contribution in [0.4, 0.5) is 17.5 Å². The van der Waals surface area contributed by atoms with Gasteiger partial charge in [0.1, 0.15) is 6.20 Å². The Morgan fingerprint density at radius 3 is 2.89 bits per heavy atom. The molecule has 0 aliphatic carbocycles. The Kier molecular flexibility index (Phi) is 5.78. The average Bonchev–Trinajstić information content (AvgIpc) is 2.35. The van der Waals surface area contributed by atoms with E-state index in [9.17, 15) is 10.1 Å². The van der Waals surface area contributed by atoms with Crippen LogP contribution < -0.4 is 10.6 Å². The summed E-state index contributed by atoms with van der Waals surface area (Å²) >= 11 is 0. The molecule has 0 saturated carbocycles. The van der Waals surface area contributed by atoms with Gasteiger partial charge in [0.2, 0.25) is 11.8 Å².